The van der Waals surface area contributed by atoms with Crippen LogP contribution in [0.2, 0.25) is 0 Å². The summed E-state index contributed by atoms with van der Waals surface area (Å²) >= 11 is 0. The van der Waals surface area contributed by atoms with Crippen molar-refractivity contribution in [3.8, 4) is 0 Å². The first-order valence-corrected chi connectivity index (χ1v) is 6.99. The van der Waals surface area contributed by atoms with Crippen LogP contribution < -0.4 is 0 Å². The van der Waals surface area contributed by atoms with Crippen molar-refractivity contribution in [1.82, 2.24) is 10.1 Å². The second-order valence-corrected chi connectivity index (χ2v) is 5.90. The molecule has 0 aliphatic carbocycles. The van der Waals surface area contributed by atoms with Crippen molar-refractivity contribution in [2.75, 3.05) is 0 Å². The third-order valence-corrected chi connectivity index (χ3v) is 4.01. The molecule has 0 radical (unpaired) electrons. The van der Waals surface area contributed by atoms with Gasteiger partial charge in [0.1, 0.15) is 16.5 Å². The normalized spacial score (nSPS) is 11.5. The Hall–Kier alpha value is -2.29. The number of aromatic nitrogens is 2. The molecule has 0 aliphatic rings. The van der Waals surface area contributed by atoms with Crippen molar-refractivity contribution in [1.29, 1.82) is 0 Å². The number of hydrogen-bond acceptors (Lipinski definition) is 6. The molecule has 0 unspecified atom stereocenters. The number of sulfone groups is 1. The Balaban J connectivity index is 2.43. The van der Waals surface area contributed by atoms with Crippen LogP contribution in [0.25, 0.3) is 0 Å². The van der Waals surface area contributed by atoms with Gasteiger partial charge >= 0.3 is 5.97 Å². The Kier molecular flexibility index (Phi) is 3.53. The van der Waals surface area contributed by atoms with E-state index in [4.69, 9.17) is 5.11 Å². The van der Waals surface area contributed by atoms with Crippen LogP contribution >= 0.6 is 0 Å². The highest BCUT2D eigenvalue weighted by Gasteiger charge is 2.24. The highest BCUT2D eigenvalue weighted by molar-refractivity contribution is 7.90. The van der Waals surface area contributed by atoms with Gasteiger partial charge in [-0.15, -0.1) is 0 Å². The van der Waals surface area contributed by atoms with Gasteiger partial charge in [0, 0.05) is 0 Å². The maximum atomic E-state index is 13.6. The molecule has 0 fully saturated rings. The Morgan fingerprint density at radius 1 is 1.45 bits per heavy atom. The van der Waals surface area contributed by atoms with Gasteiger partial charge in [-0.05, 0) is 25.1 Å². The summed E-state index contributed by atoms with van der Waals surface area (Å²) in [7, 11) is -4.12. The fourth-order valence-electron chi connectivity index (χ4n) is 1.51. The second kappa shape index (κ2) is 5.00. The van der Waals surface area contributed by atoms with E-state index in [1.54, 1.807) is 0 Å². The lowest BCUT2D eigenvalue weighted by Gasteiger charge is -2.04. The van der Waals surface area contributed by atoms with Crippen LogP contribution in [0.1, 0.15) is 22.1 Å². The zero-order chi connectivity index (χ0) is 14.9. The standard InChI is InChI=1S/C11H9FN2O5S/c1-6-13-10(19-14-6)5-20(17,18)9-4-7(11(15)16)2-3-8(9)12/h2-4H,5H2,1H3,(H,15,16). The van der Waals surface area contributed by atoms with Gasteiger partial charge in [0.2, 0.25) is 5.89 Å². The first kappa shape index (κ1) is 14.1. The highest BCUT2D eigenvalue weighted by Crippen LogP contribution is 2.20. The lowest BCUT2D eigenvalue weighted by Crippen LogP contribution is -2.09. The third-order valence-electron chi connectivity index (χ3n) is 2.40. The van der Waals surface area contributed by atoms with E-state index in [9.17, 15) is 17.6 Å². The van der Waals surface area contributed by atoms with Crippen LogP contribution in [0, 0.1) is 12.7 Å². The predicted octanol–water partition coefficient (Wildman–Crippen LogP) is 1.19. The second-order valence-electron chi connectivity index (χ2n) is 3.94. The molecule has 0 bridgehead atoms. The van der Waals surface area contributed by atoms with Gasteiger partial charge in [0.15, 0.2) is 15.7 Å². The number of benzene rings is 1. The van der Waals surface area contributed by atoms with Gasteiger partial charge in [-0.25, -0.2) is 17.6 Å². The lowest BCUT2D eigenvalue weighted by molar-refractivity contribution is 0.0696. The third kappa shape index (κ3) is 2.82. The number of carboxylic acid groups (broad SMARTS) is 1. The Bertz CT molecular complexity index is 769. The minimum Gasteiger partial charge on any atom is -0.478 e. The molecule has 0 saturated carbocycles. The molecule has 1 heterocycles. The minimum absolute atomic E-state index is 0.192. The lowest BCUT2D eigenvalue weighted by atomic mass is 10.2. The van der Waals surface area contributed by atoms with Crippen molar-refractivity contribution >= 4 is 15.8 Å². The van der Waals surface area contributed by atoms with Gasteiger partial charge in [0.05, 0.1) is 5.56 Å². The minimum atomic E-state index is -4.12. The Labute approximate surface area is 113 Å². The molecule has 0 amide bonds. The summed E-state index contributed by atoms with van der Waals surface area (Å²) in [6.45, 7) is 1.51. The molecule has 106 valence electrons. The summed E-state index contributed by atoms with van der Waals surface area (Å²) in [4.78, 5) is 13.8. The van der Waals surface area contributed by atoms with Crippen molar-refractivity contribution in [2.24, 2.45) is 0 Å². The molecule has 7 nitrogen and oxygen atoms in total. The smallest absolute Gasteiger partial charge is 0.335 e. The number of carboxylic acids is 1. The maximum absolute atomic E-state index is 13.6. The molecule has 2 rings (SSSR count). The van der Waals surface area contributed by atoms with Crippen molar-refractivity contribution in [3.05, 3.63) is 41.3 Å². The first-order chi connectivity index (χ1) is 9.29. The number of carbonyl (C=O) groups is 1. The van der Waals surface area contributed by atoms with Gasteiger partial charge in [-0.2, -0.15) is 4.98 Å². The maximum Gasteiger partial charge on any atom is 0.335 e. The van der Waals surface area contributed by atoms with Gasteiger partial charge in [0.25, 0.3) is 0 Å². The van der Waals surface area contributed by atoms with Gasteiger partial charge in [-0.1, -0.05) is 5.16 Å². The van der Waals surface area contributed by atoms with E-state index in [-0.39, 0.29) is 17.3 Å². The average molecular weight is 300 g/mol. The number of hydrogen-bond donors (Lipinski definition) is 1. The number of halogens is 1. The molecule has 0 saturated heterocycles. The summed E-state index contributed by atoms with van der Waals surface area (Å²) < 4.78 is 42.3. The summed E-state index contributed by atoms with van der Waals surface area (Å²) in [5.41, 5.74) is -0.327. The largest absolute Gasteiger partial charge is 0.478 e. The monoisotopic (exact) mass is 300 g/mol. The SMILES string of the molecule is Cc1noc(CS(=O)(=O)c2cc(C(=O)O)ccc2F)n1. The average Bonchev–Trinajstić information content (AvgIpc) is 2.73. The fourth-order valence-corrected chi connectivity index (χ4v) is 2.78. The molecule has 0 spiro atoms. The topological polar surface area (TPSA) is 110 Å². The molecular formula is C11H9FN2O5S. The summed E-state index contributed by atoms with van der Waals surface area (Å²) in [5, 5.41) is 12.2. The molecule has 0 aliphatic heterocycles. The summed E-state index contributed by atoms with van der Waals surface area (Å²) in [6, 6.07) is 2.53. The molecule has 1 N–H and O–H groups in total. The van der Waals surface area contributed by atoms with Crippen LogP contribution in [-0.2, 0) is 15.6 Å². The van der Waals surface area contributed by atoms with E-state index < -0.39 is 32.3 Å². The zero-order valence-corrected chi connectivity index (χ0v) is 11.0. The number of nitrogens with zero attached hydrogens (tertiary/aromatic N) is 2. The fraction of sp³-hybridized carbons (Fsp3) is 0.182. The van der Waals surface area contributed by atoms with Crippen molar-refractivity contribution < 1.29 is 27.2 Å². The molecule has 20 heavy (non-hydrogen) atoms. The van der Waals surface area contributed by atoms with E-state index in [1.165, 1.54) is 6.92 Å². The number of rotatable bonds is 4. The summed E-state index contributed by atoms with van der Waals surface area (Å²) in [5.74, 6) is -3.03. The molecule has 0 atom stereocenters. The van der Waals surface area contributed by atoms with Crippen LogP contribution in [0.5, 0.6) is 0 Å². The van der Waals surface area contributed by atoms with E-state index in [1.807, 2.05) is 0 Å². The van der Waals surface area contributed by atoms with Crippen LogP contribution in [-0.4, -0.2) is 29.6 Å². The molecule has 1 aromatic heterocycles. The van der Waals surface area contributed by atoms with E-state index >= 15 is 0 Å². The van der Waals surface area contributed by atoms with Gasteiger partial charge in [-0.3, -0.25) is 0 Å². The van der Waals surface area contributed by atoms with E-state index in [0.29, 0.717) is 0 Å². The highest BCUT2D eigenvalue weighted by atomic mass is 32.2. The zero-order valence-electron chi connectivity index (χ0n) is 10.2. The van der Waals surface area contributed by atoms with E-state index in [2.05, 4.69) is 14.7 Å². The predicted molar refractivity (Wildman–Crippen MR) is 63.3 cm³/mol. The first-order valence-electron chi connectivity index (χ1n) is 5.34. The summed E-state index contributed by atoms with van der Waals surface area (Å²) in [6.07, 6.45) is 0. The molecule has 2 aromatic rings. The molecule has 9 heteroatoms. The molecule has 1 aromatic carbocycles. The van der Waals surface area contributed by atoms with Gasteiger partial charge < -0.3 is 9.63 Å². The van der Waals surface area contributed by atoms with Crippen LogP contribution in [0.15, 0.2) is 27.6 Å². The number of aromatic carboxylic acids is 1. The molecular weight excluding hydrogens is 291 g/mol. The van der Waals surface area contributed by atoms with E-state index in [0.717, 1.165) is 18.2 Å². The Morgan fingerprint density at radius 2 is 2.15 bits per heavy atom. The Morgan fingerprint density at radius 3 is 2.70 bits per heavy atom. The quantitative estimate of drug-likeness (QED) is 0.902. The van der Waals surface area contributed by atoms with Crippen molar-refractivity contribution in [3.63, 3.8) is 0 Å². The van der Waals surface area contributed by atoms with Crippen molar-refractivity contribution in [2.45, 2.75) is 17.6 Å². The van der Waals surface area contributed by atoms with Crippen LogP contribution in [0.4, 0.5) is 4.39 Å². The number of aryl methyl sites for hydroxylation is 1. The van der Waals surface area contributed by atoms with Crippen LogP contribution in [0.3, 0.4) is 0 Å².